The molecule has 0 aliphatic carbocycles. The lowest BCUT2D eigenvalue weighted by molar-refractivity contribution is -0.121. The Morgan fingerprint density at radius 1 is 1.35 bits per heavy atom. The second-order valence-corrected chi connectivity index (χ2v) is 4.32. The molecule has 0 fully saturated rings. The fourth-order valence-corrected chi connectivity index (χ4v) is 1.60. The van der Waals surface area contributed by atoms with Crippen molar-refractivity contribution in [2.75, 3.05) is 20.1 Å². The van der Waals surface area contributed by atoms with E-state index in [4.69, 9.17) is 0 Å². The van der Waals surface area contributed by atoms with Crippen LogP contribution in [0, 0.1) is 5.92 Å². The first-order valence-electron chi connectivity index (χ1n) is 6.02. The zero-order chi connectivity index (χ0) is 12.5. The molecule has 0 aromatic carbocycles. The van der Waals surface area contributed by atoms with Crippen LogP contribution in [-0.2, 0) is 11.2 Å². The van der Waals surface area contributed by atoms with Crippen molar-refractivity contribution < 1.29 is 4.79 Å². The maximum Gasteiger partial charge on any atom is 0.220 e. The molecule has 0 aliphatic heterocycles. The van der Waals surface area contributed by atoms with Crippen LogP contribution < -0.4 is 10.6 Å². The summed E-state index contributed by atoms with van der Waals surface area (Å²) in [6.45, 7) is 3.76. The summed E-state index contributed by atoms with van der Waals surface area (Å²) in [6.07, 6.45) is 4.81. The van der Waals surface area contributed by atoms with E-state index in [-0.39, 0.29) is 5.91 Å². The molecular formula is C13H21N3O. The van der Waals surface area contributed by atoms with Crippen molar-refractivity contribution in [3.8, 4) is 0 Å². The maximum atomic E-state index is 11.6. The van der Waals surface area contributed by atoms with Gasteiger partial charge < -0.3 is 10.6 Å². The highest BCUT2D eigenvalue weighted by molar-refractivity contribution is 5.76. The average molecular weight is 235 g/mol. The van der Waals surface area contributed by atoms with Crippen molar-refractivity contribution in [1.82, 2.24) is 15.6 Å². The molecule has 0 radical (unpaired) electrons. The number of aromatic nitrogens is 1. The van der Waals surface area contributed by atoms with E-state index in [0.717, 1.165) is 25.1 Å². The highest BCUT2D eigenvalue weighted by Crippen LogP contribution is 2.00. The number of aryl methyl sites for hydroxylation is 1. The summed E-state index contributed by atoms with van der Waals surface area (Å²) in [4.78, 5) is 15.5. The van der Waals surface area contributed by atoms with E-state index in [9.17, 15) is 4.79 Å². The van der Waals surface area contributed by atoms with Gasteiger partial charge in [0.2, 0.25) is 5.91 Å². The fraction of sp³-hybridized carbons (Fsp3) is 0.538. The van der Waals surface area contributed by atoms with Crippen LogP contribution in [-0.4, -0.2) is 31.0 Å². The van der Waals surface area contributed by atoms with E-state index in [1.807, 2.05) is 19.2 Å². The Balaban J connectivity index is 2.17. The van der Waals surface area contributed by atoms with E-state index in [1.165, 1.54) is 0 Å². The molecule has 0 saturated carbocycles. The number of nitrogens with one attached hydrogen (secondary N) is 2. The second kappa shape index (κ2) is 7.79. The molecule has 1 rings (SSSR count). The van der Waals surface area contributed by atoms with Gasteiger partial charge in [-0.3, -0.25) is 9.78 Å². The smallest absolute Gasteiger partial charge is 0.220 e. The SMILES string of the molecule is CNCC(C)CNC(=O)CCc1ccncc1. The number of rotatable bonds is 7. The standard InChI is InChI=1S/C13H21N3O/c1-11(9-14-2)10-16-13(17)4-3-12-5-7-15-8-6-12/h5-8,11,14H,3-4,9-10H2,1-2H3,(H,16,17). The van der Waals surface area contributed by atoms with E-state index in [1.54, 1.807) is 12.4 Å². The minimum absolute atomic E-state index is 0.116. The first-order valence-corrected chi connectivity index (χ1v) is 6.02. The van der Waals surface area contributed by atoms with Gasteiger partial charge in [-0.15, -0.1) is 0 Å². The molecule has 1 atom stereocenters. The molecule has 0 saturated heterocycles. The Bertz CT molecular complexity index is 327. The maximum absolute atomic E-state index is 11.6. The summed E-state index contributed by atoms with van der Waals surface area (Å²) < 4.78 is 0. The van der Waals surface area contributed by atoms with E-state index in [0.29, 0.717) is 12.3 Å². The van der Waals surface area contributed by atoms with Gasteiger partial charge in [0.1, 0.15) is 0 Å². The van der Waals surface area contributed by atoms with Gasteiger partial charge in [-0.25, -0.2) is 0 Å². The number of nitrogens with zero attached hydrogens (tertiary/aromatic N) is 1. The molecule has 94 valence electrons. The molecule has 4 heteroatoms. The number of carbonyl (C=O) groups excluding carboxylic acids is 1. The van der Waals surface area contributed by atoms with Crippen molar-refractivity contribution >= 4 is 5.91 Å². The van der Waals surface area contributed by atoms with Crippen molar-refractivity contribution in [3.05, 3.63) is 30.1 Å². The van der Waals surface area contributed by atoms with Crippen LogP contribution in [0.25, 0.3) is 0 Å². The number of pyridine rings is 1. The van der Waals surface area contributed by atoms with Crippen molar-refractivity contribution in [1.29, 1.82) is 0 Å². The van der Waals surface area contributed by atoms with Gasteiger partial charge in [0.25, 0.3) is 0 Å². The Morgan fingerprint density at radius 2 is 2.06 bits per heavy atom. The molecule has 4 nitrogen and oxygen atoms in total. The van der Waals surface area contributed by atoms with Crippen molar-refractivity contribution in [2.45, 2.75) is 19.8 Å². The van der Waals surface area contributed by atoms with Crippen molar-refractivity contribution in [3.63, 3.8) is 0 Å². The molecule has 1 aromatic heterocycles. The Hall–Kier alpha value is -1.42. The average Bonchev–Trinajstić information content (AvgIpc) is 2.35. The van der Waals surface area contributed by atoms with Crippen LogP contribution in [0.5, 0.6) is 0 Å². The van der Waals surface area contributed by atoms with Crippen LogP contribution in [0.2, 0.25) is 0 Å². The van der Waals surface area contributed by atoms with Crippen LogP contribution in [0.4, 0.5) is 0 Å². The van der Waals surface area contributed by atoms with Gasteiger partial charge in [-0.2, -0.15) is 0 Å². The molecular weight excluding hydrogens is 214 g/mol. The topological polar surface area (TPSA) is 54.0 Å². The second-order valence-electron chi connectivity index (χ2n) is 4.32. The van der Waals surface area contributed by atoms with Gasteiger partial charge in [-0.1, -0.05) is 6.92 Å². The Morgan fingerprint density at radius 3 is 2.71 bits per heavy atom. The molecule has 0 bridgehead atoms. The molecule has 0 spiro atoms. The van der Waals surface area contributed by atoms with Crippen LogP contribution >= 0.6 is 0 Å². The highest BCUT2D eigenvalue weighted by Gasteiger charge is 2.05. The number of hydrogen-bond donors (Lipinski definition) is 2. The molecule has 1 heterocycles. The van der Waals surface area contributed by atoms with Crippen LogP contribution in [0.1, 0.15) is 18.9 Å². The monoisotopic (exact) mass is 235 g/mol. The van der Waals surface area contributed by atoms with E-state index in [2.05, 4.69) is 22.5 Å². The Labute approximate surface area is 103 Å². The summed E-state index contributed by atoms with van der Waals surface area (Å²) in [5.41, 5.74) is 1.15. The summed E-state index contributed by atoms with van der Waals surface area (Å²) >= 11 is 0. The largest absolute Gasteiger partial charge is 0.356 e. The first-order chi connectivity index (χ1) is 8.22. The van der Waals surface area contributed by atoms with Gasteiger partial charge >= 0.3 is 0 Å². The van der Waals surface area contributed by atoms with Crippen molar-refractivity contribution in [2.24, 2.45) is 5.92 Å². The minimum Gasteiger partial charge on any atom is -0.356 e. The van der Waals surface area contributed by atoms with E-state index >= 15 is 0 Å². The van der Waals surface area contributed by atoms with Crippen LogP contribution in [0.3, 0.4) is 0 Å². The summed E-state index contributed by atoms with van der Waals surface area (Å²) in [5.74, 6) is 0.578. The quantitative estimate of drug-likeness (QED) is 0.741. The highest BCUT2D eigenvalue weighted by atomic mass is 16.1. The predicted molar refractivity (Wildman–Crippen MR) is 68.7 cm³/mol. The van der Waals surface area contributed by atoms with Gasteiger partial charge in [0.15, 0.2) is 0 Å². The molecule has 1 aromatic rings. The minimum atomic E-state index is 0.116. The molecule has 1 amide bonds. The number of amides is 1. The predicted octanol–water partition coefficient (Wildman–Crippen LogP) is 0.986. The van der Waals surface area contributed by atoms with E-state index < -0.39 is 0 Å². The molecule has 17 heavy (non-hydrogen) atoms. The lowest BCUT2D eigenvalue weighted by atomic mass is 10.1. The zero-order valence-electron chi connectivity index (χ0n) is 10.6. The molecule has 0 aliphatic rings. The Kier molecular flexibility index (Phi) is 6.25. The van der Waals surface area contributed by atoms with Gasteiger partial charge in [0, 0.05) is 25.4 Å². The fourth-order valence-electron chi connectivity index (χ4n) is 1.60. The first kappa shape index (κ1) is 13.6. The van der Waals surface area contributed by atoms with Crippen LogP contribution in [0.15, 0.2) is 24.5 Å². The zero-order valence-corrected chi connectivity index (χ0v) is 10.6. The summed E-state index contributed by atoms with van der Waals surface area (Å²) in [7, 11) is 1.92. The lowest BCUT2D eigenvalue weighted by Crippen LogP contribution is -2.32. The summed E-state index contributed by atoms with van der Waals surface area (Å²) in [6, 6.07) is 3.88. The molecule has 1 unspecified atom stereocenters. The van der Waals surface area contributed by atoms with Gasteiger partial charge in [0.05, 0.1) is 0 Å². The number of carbonyl (C=O) groups is 1. The summed E-state index contributed by atoms with van der Waals surface area (Å²) in [5, 5.41) is 6.03. The third kappa shape index (κ3) is 6.02. The third-order valence-electron chi connectivity index (χ3n) is 2.59. The normalized spacial score (nSPS) is 12.1. The number of hydrogen-bond acceptors (Lipinski definition) is 3. The lowest BCUT2D eigenvalue weighted by Gasteiger charge is -2.11. The molecule has 2 N–H and O–H groups in total. The van der Waals surface area contributed by atoms with Gasteiger partial charge in [-0.05, 0) is 43.6 Å². The third-order valence-corrected chi connectivity index (χ3v) is 2.59.